The molecule has 0 saturated carbocycles. The van der Waals surface area contributed by atoms with Gasteiger partial charge >= 0.3 is 6.09 Å². The number of rotatable bonds is 3. The number of hydrogen-bond donors (Lipinski definition) is 2. The van der Waals surface area contributed by atoms with Gasteiger partial charge < -0.3 is 10.4 Å². The summed E-state index contributed by atoms with van der Waals surface area (Å²) in [4.78, 5) is 25.4. The van der Waals surface area contributed by atoms with E-state index >= 15 is 0 Å². The minimum absolute atomic E-state index is 0.244. The highest BCUT2D eigenvalue weighted by atomic mass is 16.4. The van der Waals surface area contributed by atoms with Crippen LogP contribution >= 0.6 is 0 Å². The Balaban J connectivity index is 2.65. The van der Waals surface area contributed by atoms with Gasteiger partial charge in [-0.25, -0.2) is 9.78 Å². The molecule has 2 N–H and O–H groups in total. The summed E-state index contributed by atoms with van der Waals surface area (Å²) in [7, 11) is 0. The van der Waals surface area contributed by atoms with E-state index in [2.05, 4.69) is 4.98 Å². The van der Waals surface area contributed by atoms with E-state index < -0.39 is 6.09 Å². The second-order valence-electron chi connectivity index (χ2n) is 2.75. The average molecular weight is 194 g/mol. The van der Waals surface area contributed by atoms with Gasteiger partial charge in [-0.15, -0.1) is 0 Å². The van der Waals surface area contributed by atoms with E-state index in [1.54, 1.807) is 25.1 Å². The quantitative estimate of drug-likeness (QED) is 0.699. The van der Waals surface area contributed by atoms with Crippen LogP contribution in [0.5, 0.6) is 0 Å². The molecule has 0 spiro atoms. The maximum absolute atomic E-state index is 11.3. The number of ketones is 1. The zero-order valence-electron chi connectivity index (χ0n) is 7.65. The molecule has 0 aliphatic heterocycles. The molecule has 5 heteroatoms. The van der Waals surface area contributed by atoms with Crippen LogP contribution in [0.15, 0.2) is 18.2 Å². The highest BCUT2D eigenvalue weighted by molar-refractivity contribution is 5.97. The highest BCUT2D eigenvalue weighted by Gasteiger charge is 2.07. The Kier molecular flexibility index (Phi) is 3.17. The number of pyridine rings is 1. The fourth-order valence-electron chi connectivity index (χ4n) is 0.945. The van der Waals surface area contributed by atoms with Crippen molar-refractivity contribution in [3.8, 4) is 0 Å². The molecule has 1 aromatic rings. The summed E-state index contributed by atoms with van der Waals surface area (Å²) in [5.74, 6) is -0.337. The SMILES string of the molecule is Cc1cccc(C(=O)CNC(=O)O)n1. The van der Waals surface area contributed by atoms with E-state index in [4.69, 9.17) is 5.11 Å². The highest BCUT2D eigenvalue weighted by Crippen LogP contribution is 1.98. The van der Waals surface area contributed by atoms with Gasteiger partial charge in [-0.1, -0.05) is 6.07 Å². The van der Waals surface area contributed by atoms with Crippen molar-refractivity contribution in [1.82, 2.24) is 10.3 Å². The lowest BCUT2D eigenvalue weighted by atomic mass is 10.2. The lowest BCUT2D eigenvalue weighted by molar-refractivity contribution is 0.0982. The van der Waals surface area contributed by atoms with Crippen LogP contribution in [0.4, 0.5) is 4.79 Å². The van der Waals surface area contributed by atoms with Gasteiger partial charge in [-0.3, -0.25) is 4.79 Å². The van der Waals surface area contributed by atoms with Crippen LogP contribution in [0.3, 0.4) is 0 Å². The van der Waals surface area contributed by atoms with Crippen LogP contribution in [-0.4, -0.2) is 28.5 Å². The predicted octanol–water partition coefficient (Wildman–Crippen LogP) is 0.840. The molecule has 0 aliphatic rings. The number of carbonyl (C=O) groups excluding carboxylic acids is 1. The van der Waals surface area contributed by atoms with Crippen LogP contribution < -0.4 is 5.32 Å². The number of carbonyl (C=O) groups is 2. The molecule has 0 atom stereocenters. The number of aromatic nitrogens is 1. The summed E-state index contributed by atoms with van der Waals surface area (Å²) in [5, 5.41) is 10.3. The maximum Gasteiger partial charge on any atom is 0.405 e. The Morgan fingerprint density at radius 1 is 1.50 bits per heavy atom. The molecule has 1 heterocycles. The summed E-state index contributed by atoms with van der Waals surface area (Å²) in [5.41, 5.74) is 1.00. The van der Waals surface area contributed by atoms with Crippen LogP contribution in [0.2, 0.25) is 0 Å². The van der Waals surface area contributed by atoms with Crippen molar-refractivity contribution in [3.63, 3.8) is 0 Å². The number of aryl methyl sites for hydroxylation is 1. The summed E-state index contributed by atoms with van der Waals surface area (Å²) in [6, 6.07) is 5.02. The summed E-state index contributed by atoms with van der Waals surface area (Å²) in [6.07, 6.45) is -1.22. The Morgan fingerprint density at radius 3 is 2.79 bits per heavy atom. The van der Waals surface area contributed by atoms with Crippen LogP contribution in [0, 0.1) is 6.92 Å². The molecular weight excluding hydrogens is 184 g/mol. The molecule has 5 nitrogen and oxygen atoms in total. The molecule has 0 bridgehead atoms. The maximum atomic E-state index is 11.3. The number of nitrogens with zero attached hydrogens (tertiary/aromatic N) is 1. The Morgan fingerprint density at radius 2 is 2.21 bits per heavy atom. The third kappa shape index (κ3) is 2.85. The Labute approximate surface area is 80.8 Å². The third-order valence-corrected chi connectivity index (χ3v) is 1.57. The van der Waals surface area contributed by atoms with Gasteiger partial charge in [0, 0.05) is 5.69 Å². The van der Waals surface area contributed by atoms with Gasteiger partial charge in [0.25, 0.3) is 0 Å². The Hall–Kier alpha value is -1.91. The minimum atomic E-state index is -1.22. The smallest absolute Gasteiger partial charge is 0.405 e. The number of amides is 1. The molecule has 1 amide bonds. The van der Waals surface area contributed by atoms with Gasteiger partial charge in [0.1, 0.15) is 5.69 Å². The third-order valence-electron chi connectivity index (χ3n) is 1.57. The first-order valence-electron chi connectivity index (χ1n) is 4.03. The van der Waals surface area contributed by atoms with Crippen molar-refractivity contribution in [1.29, 1.82) is 0 Å². The number of hydrogen-bond acceptors (Lipinski definition) is 3. The molecule has 1 aromatic heterocycles. The first-order chi connectivity index (χ1) is 6.59. The first-order valence-corrected chi connectivity index (χ1v) is 4.03. The zero-order chi connectivity index (χ0) is 10.6. The lowest BCUT2D eigenvalue weighted by Gasteiger charge is -2.00. The number of Topliss-reactive ketones (excluding diaryl/α,β-unsaturated/α-hetero) is 1. The van der Waals surface area contributed by atoms with E-state index in [0.29, 0.717) is 0 Å². The van der Waals surface area contributed by atoms with E-state index in [9.17, 15) is 9.59 Å². The number of nitrogens with one attached hydrogen (secondary N) is 1. The summed E-state index contributed by atoms with van der Waals surface area (Å²) < 4.78 is 0. The summed E-state index contributed by atoms with van der Waals surface area (Å²) >= 11 is 0. The van der Waals surface area contributed by atoms with Gasteiger partial charge in [-0.05, 0) is 19.1 Å². The van der Waals surface area contributed by atoms with Crippen LogP contribution in [0.25, 0.3) is 0 Å². The topological polar surface area (TPSA) is 79.3 Å². The summed E-state index contributed by atoms with van der Waals surface area (Å²) in [6.45, 7) is 1.52. The average Bonchev–Trinajstić information content (AvgIpc) is 2.14. The normalized spacial score (nSPS) is 9.50. The lowest BCUT2D eigenvalue weighted by Crippen LogP contribution is -2.28. The van der Waals surface area contributed by atoms with E-state index in [0.717, 1.165) is 5.69 Å². The van der Waals surface area contributed by atoms with Crippen molar-refractivity contribution in [2.75, 3.05) is 6.54 Å². The molecule has 74 valence electrons. The van der Waals surface area contributed by atoms with Crippen molar-refractivity contribution in [2.45, 2.75) is 6.92 Å². The molecule has 0 unspecified atom stereocenters. The second kappa shape index (κ2) is 4.36. The van der Waals surface area contributed by atoms with Crippen LogP contribution in [-0.2, 0) is 0 Å². The molecule has 0 aromatic carbocycles. The van der Waals surface area contributed by atoms with Gasteiger partial charge in [0.05, 0.1) is 6.54 Å². The van der Waals surface area contributed by atoms with Gasteiger partial charge in [0.15, 0.2) is 5.78 Å². The zero-order valence-corrected chi connectivity index (χ0v) is 7.65. The monoisotopic (exact) mass is 194 g/mol. The van der Waals surface area contributed by atoms with Gasteiger partial charge in [0.2, 0.25) is 0 Å². The second-order valence-corrected chi connectivity index (χ2v) is 2.75. The van der Waals surface area contributed by atoms with E-state index in [-0.39, 0.29) is 18.0 Å². The van der Waals surface area contributed by atoms with Crippen molar-refractivity contribution >= 4 is 11.9 Å². The van der Waals surface area contributed by atoms with E-state index in [1.807, 2.05) is 5.32 Å². The molecule has 0 radical (unpaired) electrons. The van der Waals surface area contributed by atoms with Crippen LogP contribution in [0.1, 0.15) is 16.2 Å². The number of carboxylic acid groups (broad SMARTS) is 1. The Bertz CT molecular complexity index is 363. The molecule has 14 heavy (non-hydrogen) atoms. The van der Waals surface area contributed by atoms with Gasteiger partial charge in [-0.2, -0.15) is 0 Å². The molecule has 1 rings (SSSR count). The molecule has 0 aliphatic carbocycles. The fraction of sp³-hybridized carbons (Fsp3) is 0.222. The molecule has 0 fully saturated rings. The van der Waals surface area contributed by atoms with Crippen molar-refractivity contribution in [3.05, 3.63) is 29.6 Å². The molecule has 0 saturated heterocycles. The fourth-order valence-corrected chi connectivity index (χ4v) is 0.945. The largest absolute Gasteiger partial charge is 0.465 e. The molecular formula is C9H10N2O3. The predicted molar refractivity (Wildman–Crippen MR) is 49.3 cm³/mol. The standard InChI is InChI=1S/C9H10N2O3/c1-6-3-2-4-7(11-6)8(12)5-10-9(13)14/h2-4,10H,5H2,1H3,(H,13,14). The minimum Gasteiger partial charge on any atom is -0.465 e. The first kappa shape index (κ1) is 10.2. The van der Waals surface area contributed by atoms with Crippen molar-refractivity contribution < 1.29 is 14.7 Å². The van der Waals surface area contributed by atoms with E-state index in [1.165, 1.54) is 0 Å². The van der Waals surface area contributed by atoms with Crippen molar-refractivity contribution in [2.24, 2.45) is 0 Å².